The van der Waals surface area contributed by atoms with Gasteiger partial charge in [-0.3, -0.25) is 14.8 Å². The summed E-state index contributed by atoms with van der Waals surface area (Å²) in [5.41, 5.74) is 0.852. The summed E-state index contributed by atoms with van der Waals surface area (Å²) in [6.45, 7) is 2.19. The zero-order chi connectivity index (χ0) is 21.3. The van der Waals surface area contributed by atoms with Crippen LogP contribution < -0.4 is 5.32 Å². The second kappa shape index (κ2) is 8.48. The minimum atomic E-state index is -2.93. The number of rotatable bonds is 7. The Morgan fingerprint density at radius 1 is 1.47 bits per heavy atom. The highest BCUT2D eigenvalue weighted by Gasteiger charge is 2.59. The van der Waals surface area contributed by atoms with E-state index < -0.39 is 24.5 Å². The van der Waals surface area contributed by atoms with Gasteiger partial charge in [0.05, 0.1) is 37.9 Å². The van der Waals surface area contributed by atoms with Crippen LogP contribution in [-0.2, 0) is 14.3 Å². The van der Waals surface area contributed by atoms with E-state index >= 15 is 0 Å². The molecule has 1 N–H and O–H groups in total. The maximum Gasteiger partial charge on any atom is 0.337 e. The van der Waals surface area contributed by atoms with Gasteiger partial charge in [-0.05, 0) is 13.3 Å². The number of ether oxygens (including phenoxy) is 1. The number of carbonyl (C=O) groups is 2. The monoisotopic (exact) mass is 439 g/mol. The third kappa shape index (κ3) is 3.88. The molecule has 4 rings (SSSR count). The van der Waals surface area contributed by atoms with Crippen LogP contribution in [0.2, 0.25) is 0 Å². The predicted molar refractivity (Wildman–Crippen MR) is 107 cm³/mol. The summed E-state index contributed by atoms with van der Waals surface area (Å²) >= 11 is 1.40. The van der Waals surface area contributed by atoms with E-state index in [-0.39, 0.29) is 32.3 Å². The lowest BCUT2D eigenvalue weighted by Gasteiger charge is -2.28. The van der Waals surface area contributed by atoms with Gasteiger partial charge in [-0.15, -0.1) is 11.3 Å². The molecule has 2 atom stereocenters. The van der Waals surface area contributed by atoms with Gasteiger partial charge in [0.2, 0.25) is 0 Å². The number of alkyl halides is 2. The lowest BCUT2D eigenvalue weighted by molar-refractivity contribution is -0.138. The second-order valence-electron chi connectivity index (χ2n) is 7.43. The average molecular weight is 439 g/mol. The Bertz CT molecular complexity index is 874. The van der Waals surface area contributed by atoms with E-state index in [0.29, 0.717) is 41.4 Å². The molecular formula is C19H23F2N5O3S. The van der Waals surface area contributed by atoms with Crippen LogP contribution in [0.15, 0.2) is 27.8 Å². The molecule has 0 radical (unpaired) electrons. The molecule has 30 heavy (non-hydrogen) atoms. The first-order valence-corrected chi connectivity index (χ1v) is 10.7. The van der Waals surface area contributed by atoms with Crippen LogP contribution >= 0.6 is 11.3 Å². The molecule has 2 fully saturated rings. The third-order valence-corrected chi connectivity index (χ3v) is 6.42. The molecule has 0 bridgehead atoms. The Kier molecular flexibility index (Phi) is 5.94. The highest BCUT2D eigenvalue weighted by molar-refractivity contribution is 7.11. The number of aldehydes is 1. The Balaban J connectivity index is 1.58. The number of nitrogens with zero attached hydrogens (tertiary/aromatic N) is 4. The molecule has 0 amide bonds. The largest absolute Gasteiger partial charge is 0.463 e. The standard InChI is InChI=1S/C19H23F2N5O3S/c1-2-29-18(28)12-9-23-16(17-22-4-8-30-17)24-13(12)10-26-11-19(20,21)15-14(26)3-5-25(15)6-7-27/h4,7-8,14-15H,2-3,5-6,9-11H2,1H3,(H,23,24). The predicted octanol–water partition coefficient (Wildman–Crippen LogP) is 0.903. The van der Waals surface area contributed by atoms with Crippen molar-refractivity contribution in [3.8, 4) is 0 Å². The molecule has 2 saturated heterocycles. The summed E-state index contributed by atoms with van der Waals surface area (Å²) in [5, 5.41) is 5.62. The van der Waals surface area contributed by atoms with E-state index in [4.69, 9.17) is 4.74 Å². The molecule has 1 aromatic rings. The van der Waals surface area contributed by atoms with E-state index in [1.165, 1.54) is 11.3 Å². The fourth-order valence-electron chi connectivity index (χ4n) is 4.44. The zero-order valence-corrected chi connectivity index (χ0v) is 17.3. The van der Waals surface area contributed by atoms with Crippen LogP contribution in [0.4, 0.5) is 8.78 Å². The van der Waals surface area contributed by atoms with E-state index in [2.05, 4.69) is 15.3 Å². The number of esters is 1. The molecule has 8 nitrogen and oxygen atoms in total. The van der Waals surface area contributed by atoms with E-state index in [0.717, 1.165) is 0 Å². The zero-order valence-electron chi connectivity index (χ0n) is 16.5. The van der Waals surface area contributed by atoms with Crippen molar-refractivity contribution in [1.82, 2.24) is 20.1 Å². The molecule has 11 heteroatoms. The molecule has 3 aliphatic rings. The normalized spacial score (nSPS) is 26.3. The number of aromatic nitrogens is 1. The summed E-state index contributed by atoms with van der Waals surface area (Å²) in [7, 11) is 0. The van der Waals surface area contributed by atoms with E-state index in [9.17, 15) is 18.4 Å². The molecule has 0 saturated carbocycles. The number of aliphatic imine (C=N–C) groups is 1. The van der Waals surface area contributed by atoms with Crippen molar-refractivity contribution in [3.63, 3.8) is 0 Å². The molecule has 0 aliphatic carbocycles. The number of hydrogen-bond donors (Lipinski definition) is 1. The first-order valence-electron chi connectivity index (χ1n) is 9.84. The first kappa shape index (κ1) is 21.0. The second-order valence-corrected chi connectivity index (χ2v) is 8.33. The minimum Gasteiger partial charge on any atom is -0.463 e. The maximum absolute atomic E-state index is 14.8. The SMILES string of the molecule is CCOC(=O)C1=C(CN2CC(F)(F)C3C2CCN3CC=O)NC(c2nccs2)=NC1. The van der Waals surface area contributed by atoms with E-state index in [1.807, 2.05) is 5.38 Å². The van der Waals surface area contributed by atoms with Crippen LogP contribution in [0.1, 0.15) is 18.4 Å². The van der Waals surface area contributed by atoms with Crippen molar-refractivity contribution in [1.29, 1.82) is 0 Å². The molecule has 0 spiro atoms. The van der Waals surface area contributed by atoms with Crippen molar-refractivity contribution >= 4 is 29.4 Å². The molecule has 4 heterocycles. The van der Waals surface area contributed by atoms with E-state index in [1.54, 1.807) is 22.9 Å². The van der Waals surface area contributed by atoms with Gasteiger partial charge in [-0.25, -0.2) is 18.6 Å². The summed E-state index contributed by atoms with van der Waals surface area (Å²) in [6, 6.07) is -1.38. The van der Waals surface area contributed by atoms with Gasteiger partial charge >= 0.3 is 5.97 Å². The molecule has 2 unspecified atom stereocenters. The van der Waals surface area contributed by atoms with Crippen molar-refractivity contribution in [2.45, 2.75) is 31.4 Å². The number of amidine groups is 1. The van der Waals surface area contributed by atoms with Gasteiger partial charge in [0.15, 0.2) is 10.8 Å². The quantitative estimate of drug-likeness (QED) is 0.499. The molecule has 3 aliphatic heterocycles. The van der Waals surface area contributed by atoms with Crippen LogP contribution in [0.25, 0.3) is 0 Å². The first-order chi connectivity index (χ1) is 14.4. The molecule has 1 aromatic heterocycles. The van der Waals surface area contributed by atoms with Crippen molar-refractivity contribution in [2.75, 3.05) is 39.3 Å². The smallest absolute Gasteiger partial charge is 0.337 e. The minimum absolute atomic E-state index is 0.000468. The lowest BCUT2D eigenvalue weighted by atomic mass is 10.1. The van der Waals surface area contributed by atoms with Crippen LogP contribution in [0, 0.1) is 0 Å². The fraction of sp³-hybridized carbons (Fsp3) is 0.579. The number of likely N-dealkylation sites (tertiary alicyclic amines) is 2. The van der Waals surface area contributed by atoms with Crippen molar-refractivity contribution in [2.24, 2.45) is 4.99 Å². The number of halogens is 2. The summed E-state index contributed by atoms with van der Waals surface area (Å²) in [5.74, 6) is -2.92. The average Bonchev–Trinajstić information content (AvgIpc) is 3.42. The topological polar surface area (TPSA) is 87.1 Å². The fourth-order valence-corrected chi connectivity index (χ4v) is 5.04. The third-order valence-electron chi connectivity index (χ3n) is 5.64. The lowest BCUT2D eigenvalue weighted by Crippen LogP contribution is -2.46. The number of carbonyl (C=O) groups excluding carboxylic acids is 2. The van der Waals surface area contributed by atoms with Gasteiger partial charge in [0.1, 0.15) is 6.29 Å². The Morgan fingerprint density at radius 2 is 2.30 bits per heavy atom. The van der Waals surface area contributed by atoms with Gasteiger partial charge in [-0.1, -0.05) is 0 Å². The van der Waals surface area contributed by atoms with Crippen molar-refractivity contribution < 1.29 is 23.1 Å². The summed E-state index contributed by atoms with van der Waals surface area (Å²) < 4.78 is 34.7. The molecule has 162 valence electrons. The van der Waals surface area contributed by atoms with Crippen LogP contribution in [0.5, 0.6) is 0 Å². The summed E-state index contributed by atoms with van der Waals surface area (Å²) in [4.78, 5) is 35.2. The van der Waals surface area contributed by atoms with Crippen LogP contribution in [0.3, 0.4) is 0 Å². The Morgan fingerprint density at radius 3 is 3.00 bits per heavy atom. The van der Waals surface area contributed by atoms with Gasteiger partial charge in [0.25, 0.3) is 5.92 Å². The molecular weight excluding hydrogens is 416 g/mol. The number of fused-ring (bicyclic) bond motifs is 1. The van der Waals surface area contributed by atoms with Crippen LogP contribution in [-0.4, -0.2) is 90.2 Å². The van der Waals surface area contributed by atoms with Gasteiger partial charge < -0.3 is 14.8 Å². The highest BCUT2D eigenvalue weighted by Crippen LogP contribution is 2.41. The maximum atomic E-state index is 14.8. The number of thiazole rings is 1. The molecule has 0 aromatic carbocycles. The number of nitrogens with one attached hydrogen (secondary N) is 1. The Labute approximate surface area is 176 Å². The summed E-state index contributed by atoms with van der Waals surface area (Å²) in [6.07, 6.45) is 2.87. The number of hydrogen-bond acceptors (Lipinski definition) is 9. The van der Waals surface area contributed by atoms with Gasteiger partial charge in [-0.2, -0.15) is 0 Å². The van der Waals surface area contributed by atoms with Gasteiger partial charge in [0, 0.05) is 36.4 Å². The van der Waals surface area contributed by atoms with Crippen molar-refractivity contribution in [3.05, 3.63) is 27.9 Å². The highest BCUT2D eigenvalue weighted by atomic mass is 32.1. The Hall–Kier alpha value is -2.24.